The Bertz CT molecular complexity index is 479. The minimum absolute atomic E-state index is 0.139. The lowest BCUT2D eigenvalue weighted by atomic mass is 10.2. The summed E-state index contributed by atoms with van der Waals surface area (Å²) < 4.78 is 26.8. The van der Waals surface area contributed by atoms with Crippen LogP contribution in [0.15, 0.2) is 18.2 Å². The van der Waals surface area contributed by atoms with E-state index in [4.69, 9.17) is 23.7 Å². The molecule has 6 heteroatoms. The van der Waals surface area contributed by atoms with Gasteiger partial charge in [0.2, 0.25) is 0 Å². The van der Waals surface area contributed by atoms with Crippen molar-refractivity contribution in [2.75, 3.05) is 19.8 Å². The molecule has 0 bridgehead atoms. The van der Waals surface area contributed by atoms with Crippen molar-refractivity contribution < 1.29 is 28.5 Å². The first-order chi connectivity index (χ1) is 10.3. The van der Waals surface area contributed by atoms with E-state index in [-0.39, 0.29) is 12.4 Å². The fourth-order valence-corrected chi connectivity index (χ4v) is 2.13. The van der Waals surface area contributed by atoms with E-state index in [9.17, 15) is 4.79 Å². The minimum Gasteiger partial charge on any atom is -0.487 e. The molecule has 2 heterocycles. The fourth-order valence-electron chi connectivity index (χ4n) is 2.13. The molecule has 0 N–H and O–H groups in total. The molecule has 2 saturated heterocycles. The van der Waals surface area contributed by atoms with Gasteiger partial charge in [0.25, 0.3) is 6.47 Å². The monoisotopic (exact) mass is 294 g/mol. The van der Waals surface area contributed by atoms with E-state index in [0.29, 0.717) is 43.5 Å². The van der Waals surface area contributed by atoms with Gasteiger partial charge in [0.15, 0.2) is 17.8 Å². The first-order valence-corrected chi connectivity index (χ1v) is 7.12. The van der Waals surface area contributed by atoms with Crippen LogP contribution in [0.1, 0.15) is 19.3 Å². The fraction of sp³-hybridized carbons (Fsp3) is 0.533. The highest BCUT2D eigenvalue weighted by Gasteiger charge is 2.24. The summed E-state index contributed by atoms with van der Waals surface area (Å²) in [6.07, 6.45) is 2.91. The molecule has 0 aromatic heterocycles. The van der Waals surface area contributed by atoms with E-state index < -0.39 is 0 Å². The van der Waals surface area contributed by atoms with Crippen LogP contribution >= 0.6 is 0 Å². The molecule has 2 aliphatic heterocycles. The Labute approximate surface area is 122 Å². The van der Waals surface area contributed by atoms with Crippen molar-refractivity contribution in [3.05, 3.63) is 18.2 Å². The van der Waals surface area contributed by atoms with E-state index >= 15 is 0 Å². The van der Waals surface area contributed by atoms with Crippen molar-refractivity contribution in [1.29, 1.82) is 0 Å². The summed E-state index contributed by atoms with van der Waals surface area (Å²) in [4.78, 5) is 10.6. The maximum absolute atomic E-state index is 10.6. The normalized spacial score (nSPS) is 24.2. The Kier molecular flexibility index (Phi) is 4.57. The molecular formula is C15H18O6. The third-order valence-corrected chi connectivity index (χ3v) is 3.32. The highest BCUT2D eigenvalue weighted by molar-refractivity contribution is 5.53. The second kappa shape index (κ2) is 6.78. The van der Waals surface area contributed by atoms with Gasteiger partial charge in [-0.15, -0.1) is 0 Å². The average molecular weight is 294 g/mol. The van der Waals surface area contributed by atoms with Crippen LogP contribution in [-0.4, -0.2) is 38.7 Å². The molecule has 2 aliphatic rings. The summed E-state index contributed by atoms with van der Waals surface area (Å²) in [7, 11) is 0. The van der Waals surface area contributed by atoms with Crippen molar-refractivity contribution >= 4 is 6.47 Å². The molecule has 1 aromatic rings. The molecule has 3 rings (SSSR count). The predicted octanol–water partition coefficient (Wildman–Crippen LogP) is 1.90. The van der Waals surface area contributed by atoms with E-state index in [1.165, 1.54) is 0 Å². The van der Waals surface area contributed by atoms with Crippen LogP contribution in [0.25, 0.3) is 0 Å². The maximum atomic E-state index is 10.6. The molecule has 2 atom stereocenters. The van der Waals surface area contributed by atoms with E-state index in [1.54, 1.807) is 18.2 Å². The summed E-state index contributed by atoms with van der Waals surface area (Å²) in [6.45, 7) is 2.24. The first-order valence-electron chi connectivity index (χ1n) is 7.12. The molecular weight excluding hydrogens is 276 g/mol. The summed E-state index contributed by atoms with van der Waals surface area (Å²) >= 11 is 0. The molecule has 2 fully saturated rings. The number of benzene rings is 1. The van der Waals surface area contributed by atoms with E-state index in [0.717, 1.165) is 19.3 Å². The first kappa shape index (κ1) is 14.2. The smallest absolute Gasteiger partial charge is 0.298 e. The molecule has 0 saturated carbocycles. The zero-order chi connectivity index (χ0) is 14.5. The van der Waals surface area contributed by atoms with Gasteiger partial charge in [0.05, 0.1) is 13.2 Å². The van der Waals surface area contributed by atoms with Crippen molar-refractivity contribution in [1.82, 2.24) is 0 Å². The Balaban J connectivity index is 1.65. The predicted molar refractivity (Wildman–Crippen MR) is 72.6 cm³/mol. The van der Waals surface area contributed by atoms with Crippen LogP contribution in [-0.2, 0) is 14.3 Å². The molecule has 0 spiro atoms. The highest BCUT2D eigenvalue weighted by Crippen LogP contribution is 2.33. The second-order valence-corrected chi connectivity index (χ2v) is 5.00. The van der Waals surface area contributed by atoms with Gasteiger partial charge in [0, 0.05) is 12.5 Å². The van der Waals surface area contributed by atoms with Gasteiger partial charge in [-0.25, -0.2) is 0 Å². The van der Waals surface area contributed by atoms with Crippen LogP contribution < -0.4 is 14.2 Å². The van der Waals surface area contributed by atoms with E-state index in [1.807, 2.05) is 0 Å². The Morgan fingerprint density at radius 2 is 2.14 bits per heavy atom. The molecule has 6 nitrogen and oxygen atoms in total. The van der Waals surface area contributed by atoms with Crippen molar-refractivity contribution in [3.63, 3.8) is 0 Å². The number of hydrogen-bond acceptors (Lipinski definition) is 6. The summed E-state index contributed by atoms with van der Waals surface area (Å²) in [6, 6.07) is 5.13. The molecule has 0 amide bonds. The standard InChI is InChI=1S/C15H18O6/c16-10-20-14-7-11(21-15-3-1-2-6-17-15)4-5-13(14)19-9-12-8-18-12/h4-5,7,10,12,15H,1-3,6,8-9H2/t12-,15?/m1/s1. The SMILES string of the molecule is O=COc1cc(OC2CCCCO2)ccc1OC[C@H]1CO1. The third-order valence-electron chi connectivity index (χ3n) is 3.32. The zero-order valence-corrected chi connectivity index (χ0v) is 11.7. The minimum atomic E-state index is -0.241. The van der Waals surface area contributed by atoms with Gasteiger partial charge in [-0.3, -0.25) is 4.79 Å². The lowest BCUT2D eigenvalue weighted by molar-refractivity contribution is -0.120. The van der Waals surface area contributed by atoms with Crippen molar-refractivity contribution in [2.45, 2.75) is 31.7 Å². The molecule has 0 radical (unpaired) electrons. The van der Waals surface area contributed by atoms with Crippen LogP contribution in [0.2, 0.25) is 0 Å². The summed E-state index contributed by atoms with van der Waals surface area (Å²) in [5, 5.41) is 0. The Morgan fingerprint density at radius 3 is 2.86 bits per heavy atom. The number of rotatable bonds is 7. The average Bonchev–Trinajstić information content (AvgIpc) is 3.32. The van der Waals surface area contributed by atoms with Gasteiger partial charge in [-0.05, 0) is 25.0 Å². The van der Waals surface area contributed by atoms with Gasteiger partial charge in [-0.2, -0.15) is 0 Å². The van der Waals surface area contributed by atoms with Crippen LogP contribution in [0.4, 0.5) is 0 Å². The molecule has 0 aliphatic carbocycles. The molecule has 21 heavy (non-hydrogen) atoms. The van der Waals surface area contributed by atoms with Crippen LogP contribution in [0.3, 0.4) is 0 Å². The summed E-state index contributed by atoms with van der Waals surface area (Å²) in [5.74, 6) is 1.42. The highest BCUT2D eigenvalue weighted by atomic mass is 16.7. The third kappa shape index (κ3) is 4.09. The molecule has 1 unspecified atom stereocenters. The topological polar surface area (TPSA) is 66.5 Å². The lowest BCUT2D eigenvalue weighted by Crippen LogP contribution is -2.24. The zero-order valence-electron chi connectivity index (χ0n) is 11.7. The van der Waals surface area contributed by atoms with Crippen LogP contribution in [0, 0.1) is 0 Å². The van der Waals surface area contributed by atoms with Crippen molar-refractivity contribution in [3.8, 4) is 17.2 Å². The second-order valence-electron chi connectivity index (χ2n) is 5.00. The number of ether oxygens (including phenoxy) is 5. The molecule has 1 aromatic carbocycles. The quantitative estimate of drug-likeness (QED) is 0.565. The number of carbonyl (C=O) groups is 1. The molecule has 114 valence electrons. The van der Waals surface area contributed by atoms with Gasteiger partial charge < -0.3 is 23.7 Å². The number of hydrogen-bond donors (Lipinski definition) is 0. The van der Waals surface area contributed by atoms with Crippen LogP contribution in [0.5, 0.6) is 17.2 Å². The largest absolute Gasteiger partial charge is 0.487 e. The van der Waals surface area contributed by atoms with Gasteiger partial charge in [-0.1, -0.05) is 0 Å². The van der Waals surface area contributed by atoms with E-state index in [2.05, 4.69) is 0 Å². The Morgan fingerprint density at radius 1 is 1.24 bits per heavy atom. The van der Waals surface area contributed by atoms with Gasteiger partial charge >= 0.3 is 0 Å². The number of epoxide rings is 1. The van der Waals surface area contributed by atoms with Crippen molar-refractivity contribution in [2.24, 2.45) is 0 Å². The summed E-state index contributed by atoms with van der Waals surface area (Å²) in [5.41, 5.74) is 0. The maximum Gasteiger partial charge on any atom is 0.298 e. The Hall–Kier alpha value is -1.79. The number of carbonyl (C=O) groups excluding carboxylic acids is 1. The lowest BCUT2D eigenvalue weighted by Gasteiger charge is -2.23. The van der Waals surface area contributed by atoms with Gasteiger partial charge in [0.1, 0.15) is 18.5 Å².